The van der Waals surface area contributed by atoms with Crippen LogP contribution in [0.5, 0.6) is 0 Å². The zero-order chi connectivity index (χ0) is 9.80. The second-order valence-corrected chi connectivity index (χ2v) is 4.10. The Labute approximate surface area is 85.5 Å². The molecule has 2 unspecified atom stereocenters. The van der Waals surface area contributed by atoms with Gasteiger partial charge < -0.3 is 14.8 Å². The van der Waals surface area contributed by atoms with E-state index >= 15 is 0 Å². The van der Waals surface area contributed by atoms with Crippen LogP contribution >= 0.6 is 0 Å². The van der Waals surface area contributed by atoms with Gasteiger partial charge in [0.2, 0.25) is 0 Å². The van der Waals surface area contributed by atoms with Crippen LogP contribution in [0, 0.1) is 0 Å². The van der Waals surface area contributed by atoms with Gasteiger partial charge in [-0.1, -0.05) is 0 Å². The molecule has 82 valence electrons. The van der Waals surface area contributed by atoms with Crippen LogP contribution in [0.2, 0.25) is 0 Å². The molecular weight excluding hydrogens is 180 g/mol. The lowest BCUT2D eigenvalue weighted by Gasteiger charge is -2.27. The van der Waals surface area contributed by atoms with E-state index in [1.165, 1.54) is 13.0 Å². The van der Waals surface area contributed by atoms with Gasteiger partial charge in [0.25, 0.3) is 0 Å². The first-order valence-electron chi connectivity index (χ1n) is 5.47. The second-order valence-electron chi connectivity index (χ2n) is 4.10. The Morgan fingerprint density at radius 2 is 2.36 bits per heavy atom. The lowest BCUT2D eigenvalue weighted by molar-refractivity contribution is -0.0960. The van der Waals surface area contributed by atoms with Gasteiger partial charge in [-0.25, -0.2) is 0 Å². The van der Waals surface area contributed by atoms with Crippen LogP contribution in [0.4, 0.5) is 0 Å². The Balaban J connectivity index is 1.69. The van der Waals surface area contributed by atoms with Crippen molar-refractivity contribution < 1.29 is 9.47 Å². The smallest absolute Gasteiger partial charge is 0.0936 e. The molecule has 2 saturated heterocycles. The van der Waals surface area contributed by atoms with Gasteiger partial charge in [0.05, 0.1) is 25.9 Å². The van der Waals surface area contributed by atoms with E-state index in [1.54, 1.807) is 0 Å². The number of nitrogens with one attached hydrogen (secondary N) is 1. The van der Waals surface area contributed by atoms with Crippen molar-refractivity contribution in [3.05, 3.63) is 0 Å². The molecule has 0 aromatic rings. The van der Waals surface area contributed by atoms with Gasteiger partial charge >= 0.3 is 0 Å². The van der Waals surface area contributed by atoms with Crippen molar-refractivity contribution in [1.29, 1.82) is 0 Å². The third-order valence-electron chi connectivity index (χ3n) is 3.03. The van der Waals surface area contributed by atoms with Crippen molar-refractivity contribution in [3.8, 4) is 0 Å². The van der Waals surface area contributed by atoms with E-state index in [9.17, 15) is 0 Å². The summed E-state index contributed by atoms with van der Waals surface area (Å²) in [7, 11) is 2.04. The van der Waals surface area contributed by atoms with Gasteiger partial charge in [-0.2, -0.15) is 0 Å². The first-order chi connectivity index (χ1) is 6.88. The minimum Gasteiger partial charge on any atom is -0.376 e. The topological polar surface area (TPSA) is 33.7 Å². The van der Waals surface area contributed by atoms with Crippen molar-refractivity contribution in [2.75, 3.05) is 46.5 Å². The first kappa shape index (κ1) is 10.4. The molecule has 0 bridgehead atoms. The Bertz CT molecular complexity index is 172. The van der Waals surface area contributed by atoms with E-state index in [0.29, 0.717) is 12.1 Å². The summed E-state index contributed by atoms with van der Waals surface area (Å²) in [5.41, 5.74) is 0. The zero-order valence-electron chi connectivity index (χ0n) is 8.87. The third kappa shape index (κ3) is 2.67. The highest BCUT2D eigenvalue weighted by atomic mass is 16.6. The molecular formula is C10H20N2O2. The number of hydrogen-bond donors (Lipinski definition) is 1. The Kier molecular flexibility index (Phi) is 3.75. The summed E-state index contributed by atoms with van der Waals surface area (Å²) in [4.78, 5) is 2.46. The number of likely N-dealkylation sites (N-methyl/N-ethyl adjacent to an activating group) is 1. The van der Waals surface area contributed by atoms with E-state index in [0.717, 1.165) is 32.9 Å². The minimum absolute atomic E-state index is 0.291. The molecule has 0 amide bonds. The fraction of sp³-hybridized carbons (Fsp3) is 1.00. The van der Waals surface area contributed by atoms with Gasteiger partial charge in [0.15, 0.2) is 0 Å². The molecule has 2 rings (SSSR count). The molecule has 2 aliphatic rings. The van der Waals surface area contributed by atoms with Crippen LogP contribution in [0.25, 0.3) is 0 Å². The van der Waals surface area contributed by atoms with E-state index in [-0.39, 0.29) is 0 Å². The van der Waals surface area contributed by atoms with Crippen LogP contribution in [0.15, 0.2) is 0 Å². The number of hydrogen-bond acceptors (Lipinski definition) is 4. The summed E-state index contributed by atoms with van der Waals surface area (Å²) in [5.74, 6) is 0. The van der Waals surface area contributed by atoms with Crippen molar-refractivity contribution in [1.82, 2.24) is 10.2 Å². The lowest BCUT2D eigenvalue weighted by atomic mass is 10.3. The number of ether oxygens (including phenoxy) is 2. The molecule has 0 aromatic heterocycles. The summed E-state index contributed by atoms with van der Waals surface area (Å²) in [6.45, 7) is 5.64. The highest BCUT2D eigenvalue weighted by Gasteiger charge is 2.24. The minimum atomic E-state index is 0.291. The van der Waals surface area contributed by atoms with Gasteiger partial charge in [0.1, 0.15) is 0 Å². The molecule has 2 atom stereocenters. The van der Waals surface area contributed by atoms with Gasteiger partial charge in [-0.3, -0.25) is 4.90 Å². The van der Waals surface area contributed by atoms with Crippen molar-refractivity contribution >= 4 is 0 Å². The van der Waals surface area contributed by atoms with Crippen LogP contribution < -0.4 is 5.32 Å². The van der Waals surface area contributed by atoms with Crippen LogP contribution in [-0.2, 0) is 9.47 Å². The van der Waals surface area contributed by atoms with Crippen LogP contribution in [-0.4, -0.2) is 63.5 Å². The SMILES string of the molecule is CNC1CCN(CC2COCCO2)C1. The lowest BCUT2D eigenvalue weighted by Crippen LogP contribution is -2.40. The van der Waals surface area contributed by atoms with E-state index < -0.39 is 0 Å². The summed E-state index contributed by atoms with van der Waals surface area (Å²) in [5, 5.41) is 3.32. The van der Waals surface area contributed by atoms with Crippen molar-refractivity contribution in [2.45, 2.75) is 18.6 Å². The maximum absolute atomic E-state index is 5.62. The molecule has 1 N–H and O–H groups in total. The average Bonchev–Trinajstić information content (AvgIpc) is 2.67. The van der Waals surface area contributed by atoms with Gasteiger partial charge in [0, 0.05) is 19.1 Å². The van der Waals surface area contributed by atoms with Crippen LogP contribution in [0.3, 0.4) is 0 Å². The Morgan fingerprint density at radius 1 is 1.43 bits per heavy atom. The fourth-order valence-electron chi connectivity index (χ4n) is 2.16. The highest BCUT2D eigenvalue weighted by molar-refractivity contribution is 4.81. The molecule has 4 heteroatoms. The second kappa shape index (κ2) is 5.07. The molecule has 0 aromatic carbocycles. The molecule has 0 aliphatic carbocycles. The predicted octanol–water partition coefficient (Wildman–Crippen LogP) is -0.304. The fourth-order valence-corrected chi connectivity index (χ4v) is 2.16. The third-order valence-corrected chi connectivity index (χ3v) is 3.03. The van der Waals surface area contributed by atoms with E-state index in [2.05, 4.69) is 10.2 Å². The number of rotatable bonds is 3. The largest absolute Gasteiger partial charge is 0.376 e. The average molecular weight is 200 g/mol. The molecule has 14 heavy (non-hydrogen) atoms. The predicted molar refractivity (Wildman–Crippen MR) is 54.5 cm³/mol. The normalized spacial score (nSPS) is 34.9. The summed E-state index contributed by atoms with van der Waals surface area (Å²) >= 11 is 0. The summed E-state index contributed by atoms with van der Waals surface area (Å²) in [6.07, 6.45) is 1.55. The van der Waals surface area contributed by atoms with Crippen molar-refractivity contribution in [3.63, 3.8) is 0 Å². The van der Waals surface area contributed by atoms with Crippen LogP contribution in [0.1, 0.15) is 6.42 Å². The molecule has 0 radical (unpaired) electrons. The van der Waals surface area contributed by atoms with Crippen molar-refractivity contribution in [2.24, 2.45) is 0 Å². The van der Waals surface area contributed by atoms with E-state index in [4.69, 9.17) is 9.47 Å². The quantitative estimate of drug-likeness (QED) is 0.678. The standard InChI is InChI=1S/C10H20N2O2/c1-11-9-2-3-12(6-9)7-10-8-13-4-5-14-10/h9-11H,2-8H2,1H3. The molecule has 0 spiro atoms. The van der Waals surface area contributed by atoms with Gasteiger partial charge in [-0.15, -0.1) is 0 Å². The Morgan fingerprint density at radius 3 is 3.00 bits per heavy atom. The molecule has 0 saturated carbocycles. The van der Waals surface area contributed by atoms with Gasteiger partial charge in [-0.05, 0) is 20.0 Å². The maximum atomic E-state index is 5.62. The first-order valence-corrected chi connectivity index (χ1v) is 5.47. The molecule has 4 nitrogen and oxygen atoms in total. The molecule has 2 aliphatic heterocycles. The number of likely N-dealkylation sites (tertiary alicyclic amines) is 1. The molecule has 2 heterocycles. The monoisotopic (exact) mass is 200 g/mol. The summed E-state index contributed by atoms with van der Waals surface area (Å²) < 4.78 is 11.0. The van der Waals surface area contributed by atoms with E-state index in [1.807, 2.05) is 7.05 Å². The summed E-state index contributed by atoms with van der Waals surface area (Å²) in [6, 6.07) is 0.666. The zero-order valence-corrected chi connectivity index (χ0v) is 8.87. The maximum Gasteiger partial charge on any atom is 0.0936 e. The highest BCUT2D eigenvalue weighted by Crippen LogP contribution is 2.11. The number of nitrogens with zero attached hydrogens (tertiary/aromatic N) is 1. The Hall–Kier alpha value is -0.160. The molecule has 2 fully saturated rings.